The maximum atomic E-state index is 13.3. The van der Waals surface area contributed by atoms with Crippen molar-refractivity contribution in [2.75, 3.05) is 54.9 Å². The van der Waals surface area contributed by atoms with Crippen LogP contribution in [0.3, 0.4) is 0 Å². The Hall–Kier alpha value is -2.92. The van der Waals surface area contributed by atoms with Crippen LogP contribution < -0.4 is 15.5 Å². The summed E-state index contributed by atoms with van der Waals surface area (Å²) in [5.74, 6) is 0. The van der Waals surface area contributed by atoms with Gasteiger partial charge in [0.1, 0.15) is 5.60 Å². The summed E-state index contributed by atoms with van der Waals surface area (Å²) < 4.78 is 11.6. The largest absolute Gasteiger partial charge is 0.444 e. The Morgan fingerprint density at radius 1 is 1.14 bits per heavy atom. The number of halogens is 1. The predicted octanol–water partition coefficient (Wildman–Crippen LogP) is 5.67. The van der Waals surface area contributed by atoms with Crippen LogP contribution in [-0.2, 0) is 9.47 Å². The first kappa shape index (κ1) is 26.2. The molecule has 36 heavy (non-hydrogen) atoms. The molecule has 9 nitrogen and oxygen atoms in total. The number of rotatable bonds is 6. The number of hydrogen-bond donors (Lipinski definition) is 2. The number of carbonyl (C=O) groups excluding carboxylic acids is 2. The number of aromatic nitrogens is 1. The Morgan fingerprint density at radius 3 is 2.56 bits per heavy atom. The molecule has 4 rings (SSSR count). The lowest BCUT2D eigenvalue weighted by Gasteiger charge is -2.30. The van der Waals surface area contributed by atoms with E-state index in [4.69, 9.17) is 21.1 Å². The zero-order valence-corrected chi connectivity index (χ0v) is 22.1. The molecule has 1 fully saturated rings. The monoisotopic (exact) mass is 531 g/mol. The first-order valence-electron chi connectivity index (χ1n) is 11.7. The summed E-state index contributed by atoms with van der Waals surface area (Å²) in [6.45, 7) is 9.67. The molecule has 2 heterocycles. The number of fused-ring (bicyclic) bond motifs is 1. The molecule has 2 N–H and O–H groups in total. The van der Waals surface area contributed by atoms with E-state index in [2.05, 4.69) is 20.5 Å². The van der Waals surface area contributed by atoms with E-state index in [9.17, 15) is 9.59 Å². The van der Waals surface area contributed by atoms with Crippen LogP contribution >= 0.6 is 22.9 Å². The number of morpholine rings is 1. The van der Waals surface area contributed by atoms with Gasteiger partial charge in [0.15, 0.2) is 5.13 Å². The smallest absolute Gasteiger partial charge is 0.413 e. The topological polar surface area (TPSA) is 96.0 Å². The highest BCUT2D eigenvalue weighted by Crippen LogP contribution is 2.30. The van der Waals surface area contributed by atoms with Gasteiger partial charge in [0.2, 0.25) is 0 Å². The third-order valence-corrected chi connectivity index (χ3v) is 6.56. The second-order valence-corrected chi connectivity index (χ2v) is 10.8. The van der Waals surface area contributed by atoms with Crippen molar-refractivity contribution in [1.82, 2.24) is 9.88 Å². The molecule has 2 aromatic carbocycles. The van der Waals surface area contributed by atoms with Gasteiger partial charge in [-0.25, -0.2) is 14.6 Å². The first-order chi connectivity index (χ1) is 17.2. The van der Waals surface area contributed by atoms with Crippen LogP contribution in [0, 0.1) is 0 Å². The number of amides is 3. The minimum absolute atomic E-state index is 0.249. The third-order valence-electron chi connectivity index (χ3n) is 5.38. The van der Waals surface area contributed by atoms with Gasteiger partial charge in [-0.05, 0) is 63.2 Å². The molecule has 0 radical (unpaired) electrons. The lowest BCUT2D eigenvalue weighted by Crippen LogP contribution is -2.44. The number of thiazole rings is 1. The zero-order chi connectivity index (χ0) is 25.7. The van der Waals surface area contributed by atoms with E-state index in [1.807, 2.05) is 18.2 Å². The molecular formula is C25H30ClN5O4S. The molecule has 1 aromatic heterocycles. The highest BCUT2D eigenvalue weighted by atomic mass is 35.5. The fourth-order valence-corrected chi connectivity index (χ4v) is 4.67. The molecule has 192 valence electrons. The van der Waals surface area contributed by atoms with Gasteiger partial charge in [0.05, 0.1) is 23.4 Å². The number of nitrogens with one attached hydrogen (secondary N) is 2. The summed E-state index contributed by atoms with van der Waals surface area (Å²) >= 11 is 7.31. The number of benzene rings is 2. The Balaban J connectivity index is 1.53. The lowest BCUT2D eigenvalue weighted by molar-refractivity contribution is 0.0393. The number of carbonyl (C=O) groups is 2. The Labute approximate surface area is 219 Å². The van der Waals surface area contributed by atoms with Gasteiger partial charge in [-0.1, -0.05) is 22.9 Å². The van der Waals surface area contributed by atoms with Crippen LogP contribution in [0.5, 0.6) is 0 Å². The van der Waals surface area contributed by atoms with Gasteiger partial charge < -0.3 is 14.8 Å². The van der Waals surface area contributed by atoms with Crippen molar-refractivity contribution in [3.63, 3.8) is 0 Å². The van der Waals surface area contributed by atoms with E-state index in [-0.39, 0.29) is 6.03 Å². The SMILES string of the molecule is CC(C)(C)OC(=O)Nc1nc2ccc(N(CCN3CCOCC3)C(=O)Nc3ccc(Cl)cc3)cc2s1. The molecule has 11 heteroatoms. The zero-order valence-electron chi connectivity index (χ0n) is 20.5. The van der Waals surface area contributed by atoms with Gasteiger partial charge >= 0.3 is 12.1 Å². The van der Waals surface area contributed by atoms with E-state index in [1.54, 1.807) is 49.9 Å². The van der Waals surface area contributed by atoms with E-state index >= 15 is 0 Å². The number of ether oxygens (including phenoxy) is 2. The maximum Gasteiger partial charge on any atom is 0.413 e. The average molecular weight is 532 g/mol. The molecule has 0 unspecified atom stereocenters. The Morgan fingerprint density at radius 2 is 1.86 bits per heavy atom. The number of hydrogen-bond acceptors (Lipinski definition) is 7. The van der Waals surface area contributed by atoms with Crippen molar-refractivity contribution in [3.8, 4) is 0 Å². The Bertz CT molecular complexity index is 1210. The minimum atomic E-state index is -0.605. The molecule has 0 saturated carbocycles. The molecule has 0 bridgehead atoms. The van der Waals surface area contributed by atoms with Crippen molar-refractivity contribution in [2.45, 2.75) is 26.4 Å². The van der Waals surface area contributed by atoms with Gasteiger partial charge in [0, 0.05) is 42.6 Å². The molecular weight excluding hydrogens is 502 g/mol. The summed E-state index contributed by atoms with van der Waals surface area (Å²) in [4.78, 5) is 34.0. The molecule has 1 saturated heterocycles. The van der Waals surface area contributed by atoms with Crippen LogP contribution in [0.15, 0.2) is 42.5 Å². The van der Waals surface area contributed by atoms with E-state index in [1.165, 1.54) is 11.3 Å². The molecule has 0 atom stereocenters. The minimum Gasteiger partial charge on any atom is -0.444 e. The van der Waals surface area contributed by atoms with Crippen molar-refractivity contribution in [1.29, 1.82) is 0 Å². The van der Waals surface area contributed by atoms with Crippen molar-refractivity contribution in [2.24, 2.45) is 0 Å². The lowest BCUT2D eigenvalue weighted by atomic mass is 10.2. The first-order valence-corrected chi connectivity index (χ1v) is 12.9. The van der Waals surface area contributed by atoms with Gasteiger partial charge in [-0.3, -0.25) is 15.1 Å². The summed E-state index contributed by atoms with van der Waals surface area (Å²) in [6, 6.07) is 12.4. The molecule has 1 aliphatic heterocycles. The summed E-state index contributed by atoms with van der Waals surface area (Å²) in [6.07, 6.45) is -0.559. The fourth-order valence-electron chi connectivity index (χ4n) is 3.66. The molecule has 3 aromatic rings. The van der Waals surface area contributed by atoms with Crippen LogP contribution in [0.2, 0.25) is 5.02 Å². The number of anilines is 3. The van der Waals surface area contributed by atoms with Crippen LogP contribution in [0.25, 0.3) is 10.2 Å². The molecule has 1 aliphatic rings. The molecule has 0 spiro atoms. The second kappa shape index (κ2) is 11.4. The quantitative estimate of drug-likeness (QED) is 0.425. The highest BCUT2D eigenvalue weighted by molar-refractivity contribution is 7.22. The van der Waals surface area contributed by atoms with Crippen LogP contribution in [0.1, 0.15) is 20.8 Å². The maximum absolute atomic E-state index is 13.3. The van der Waals surface area contributed by atoms with Crippen molar-refractivity contribution >= 4 is 61.8 Å². The standard InChI is InChI=1S/C25H30ClN5O4S/c1-25(2,3)35-24(33)29-22-28-20-9-8-19(16-21(20)36-22)31(11-10-30-12-14-34-15-13-30)23(32)27-18-6-4-17(26)5-7-18/h4-9,16H,10-15H2,1-3H3,(H,27,32)(H,28,29,33). The summed E-state index contributed by atoms with van der Waals surface area (Å²) in [7, 11) is 0. The summed E-state index contributed by atoms with van der Waals surface area (Å²) in [5.41, 5.74) is 1.51. The predicted molar refractivity (Wildman–Crippen MR) is 145 cm³/mol. The summed E-state index contributed by atoms with van der Waals surface area (Å²) in [5, 5.41) is 6.68. The van der Waals surface area contributed by atoms with E-state index < -0.39 is 11.7 Å². The van der Waals surface area contributed by atoms with Crippen molar-refractivity contribution in [3.05, 3.63) is 47.5 Å². The average Bonchev–Trinajstić information content (AvgIpc) is 3.21. The molecule has 3 amide bonds. The van der Waals surface area contributed by atoms with E-state index in [0.717, 1.165) is 29.0 Å². The normalized spacial score (nSPS) is 14.4. The fraction of sp³-hybridized carbons (Fsp3) is 0.400. The number of urea groups is 1. The van der Waals surface area contributed by atoms with E-state index in [0.29, 0.717) is 42.1 Å². The van der Waals surface area contributed by atoms with Crippen LogP contribution in [0.4, 0.5) is 26.1 Å². The second-order valence-electron chi connectivity index (χ2n) is 9.34. The Kier molecular flexibility index (Phi) is 8.30. The highest BCUT2D eigenvalue weighted by Gasteiger charge is 2.21. The van der Waals surface area contributed by atoms with Gasteiger partial charge in [-0.15, -0.1) is 0 Å². The van der Waals surface area contributed by atoms with Crippen LogP contribution in [-0.4, -0.2) is 67.0 Å². The van der Waals surface area contributed by atoms with Gasteiger partial charge in [-0.2, -0.15) is 0 Å². The van der Waals surface area contributed by atoms with Crippen molar-refractivity contribution < 1.29 is 19.1 Å². The molecule has 0 aliphatic carbocycles. The third kappa shape index (κ3) is 7.30. The van der Waals surface area contributed by atoms with Gasteiger partial charge in [0.25, 0.3) is 0 Å². The number of nitrogens with zero attached hydrogens (tertiary/aromatic N) is 3.